The summed E-state index contributed by atoms with van der Waals surface area (Å²) in [6.07, 6.45) is 3.43. The van der Waals surface area contributed by atoms with Gasteiger partial charge in [0.05, 0.1) is 0 Å². The Balaban J connectivity index is 2.48. The Hall–Kier alpha value is 0.190. The van der Waals surface area contributed by atoms with E-state index in [1.54, 1.807) is 13.8 Å². The average molecular weight is 148 g/mol. The van der Waals surface area contributed by atoms with Crippen molar-refractivity contribution in [3.63, 3.8) is 0 Å². The van der Waals surface area contributed by atoms with Gasteiger partial charge in [-0.2, -0.15) is 0 Å². The maximum Gasteiger partial charge on any atom is 0.202 e. The van der Waals surface area contributed by atoms with Crippen LogP contribution in [0.5, 0.6) is 0 Å². The molecule has 3 heteroatoms. The lowest BCUT2D eigenvalue weighted by Crippen LogP contribution is -2.18. The van der Waals surface area contributed by atoms with Crippen LogP contribution >= 0.6 is 7.37 Å². The minimum atomic E-state index is -2.18. The standard InChI is InChI=1S/C6H13O2P/c1-8-9(2,7)6-4-3-5-6/h6H,3-5H2,1-2H3. The first-order valence-corrected chi connectivity index (χ1v) is 5.44. The largest absolute Gasteiger partial charge is 0.332 e. The summed E-state index contributed by atoms with van der Waals surface area (Å²) in [7, 11) is -0.637. The molecule has 0 spiro atoms. The van der Waals surface area contributed by atoms with Crippen LogP contribution in [0.4, 0.5) is 0 Å². The zero-order valence-electron chi connectivity index (χ0n) is 5.96. The highest BCUT2D eigenvalue weighted by Gasteiger charge is 2.32. The molecule has 0 radical (unpaired) electrons. The summed E-state index contributed by atoms with van der Waals surface area (Å²) in [6.45, 7) is 1.73. The van der Waals surface area contributed by atoms with Gasteiger partial charge in [0.1, 0.15) is 0 Å². The van der Waals surface area contributed by atoms with Crippen LogP contribution in [0.2, 0.25) is 0 Å². The second kappa shape index (κ2) is 2.43. The molecule has 0 N–H and O–H groups in total. The van der Waals surface area contributed by atoms with E-state index in [1.807, 2.05) is 0 Å². The summed E-state index contributed by atoms with van der Waals surface area (Å²) in [4.78, 5) is 0. The smallest absolute Gasteiger partial charge is 0.202 e. The van der Waals surface area contributed by atoms with Crippen molar-refractivity contribution in [1.82, 2.24) is 0 Å². The van der Waals surface area contributed by atoms with Crippen LogP contribution < -0.4 is 0 Å². The topological polar surface area (TPSA) is 26.3 Å². The average Bonchev–Trinajstić information content (AvgIpc) is 1.60. The van der Waals surface area contributed by atoms with E-state index in [2.05, 4.69) is 0 Å². The van der Waals surface area contributed by atoms with Crippen LogP contribution in [-0.4, -0.2) is 19.4 Å². The van der Waals surface area contributed by atoms with Gasteiger partial charge in [0.15, 0.2) is 0 Å². The van der Waals surface area contributed by atoms with Crippen molar-refractivity contribution in [2.75, 3.05) is 13.8 Å². The molecule has 0 aromatic heterocycles. The van der Waals surface area contributed by atoms with Crippen molar-refractivity contribution in [3.05, 3.63) is 0 Å². The third-order valence-corrected chi connectivity index (χ3v) is 4.67. The van der Waals surface area contributed by atoms with Gasteiger partial charge in [0.25, 0.3) is 0 Å². The van der Waals surface area contributed by atoms with E-state index >= 15 is 0 Å². The van der Waals surface area contributed by atoms with Crippen molar-refractivity contribution < 1.29 is 9.09 Å². The van der Waals surface area contributed by atoms with Gasteiger partial charge in [0, 0.05) is 19.4 Å². The van der Waals surface area contributed by atoms with E-state index in [1.165, 1.54) is 6.42 Å². The molecule has 1 rings (SSSR count). The molecule has 1 unspecified atom stereocenters. The van der Waals surface area contributed by atoms with Crippen LogP contribution in [-0.2, 0) is 9.09 Å². The lowest BCUT2D eigenvalue weighted by atomic mass is 10.00. The van der Waals surface area contributed by atoms with Gasteiger partial charge in [-0.1, -0.05) is 6.42 Å². The summed E-state index contributed by atoms with van der Waals surface area (Å²) < 4.78 is 16.2. The quantitative estimate of drug-likeness (QED) is 0.560. The lowest BCUT2D eigenvalue weighted by Gasteiger charge is -2.29. The zero-order chi connectivity index (χ0) is 6.91. The van der Waals surface area contributed by atoms with E-state index < -0.39 is 7.37 Å². The zero-order valence-corrected chi connectivity index (χ0v) is 6.86. The Morgan fingerprint density at radius 1 is 1.56 bits per heavy atom. The molecule has 1 aliphatic rings. The fraction of sp³-hybridized carbons (Fsp3) is 1.00. The van der Waals surface area contributed by atoms with Crippen molar-refractivity contribution in [1.29, 1.82) is 0 Å². The molecule has 1 fully saturated rings. The predicted octanol–water partition coefficient (Wildman–Crippen LogP) is 2.09. The Morgan fingerprint density at radius 3 is 2.22 bits per heavy atom. The first-order valence-electron chi connectivity index (χ1n) is 3.30. The van der Waals surface area contributed by atoms with Gasteiger partial charge in [-0.05, 0) is 12.8 Å². The van der Waals surface area contributed by atoms with Gasteiger partial charge in [-0.3, -0.25) is 4.57 Å². The van der Waals surface area contributed by atoms with Gasteiger partial charge in [-0.25, -0.2) is 0 Å². The van der Waals surface area contributed by atoms with Crippen molar-refractivity contribution in [2.24, 2.45) is 0 Å². The molecule has 0 aliphatic heterocycles. The number of hydrogen-bond acceptors (Lipinski definition) is 2. The molecule has 1 aliphatic carbocycles. The Bertz CT molecular complexity index is 140. The van der Waals surface area contributed by atoms with Crippen LogP contribution in [0.15, 0.2) is 0 Å². The van der Waals surface area contributed by atoms with E-state index in [9.17, 15) is 4.57 Å². The van der Waals surface area contributed by atoms with E-state index in [-0.39, 0.29) is 0 Å². The third-order valence-electron chi connectivity index (χ3n) is 2.10. The van der Waals surface area contributed by atoms with E-state index in [0.717, 1.165) is 12.8 Å². The SMILES string of the molecule is COP(C)(=O)C1CCC1. The van der Waals surface area contributed by atoms with E-state index in [4.69, 9.17) is 4.52 Å². The van der Waals surface area contributed by atoms with Crippen molar-refractivity contribution in [2.45, 2.75) is 24.9 Å². The molecule has 9 heavy (non-hydrogen) atoms. The second-order valence-corrected chi connectivity index (χ2v) is 5.59. The molecule has 0 saturated heterocycles. The molecular formula is C6H13O2P. The molecule has 54 valence electrons. The number of rotatable bonds is 2. The van der Waals surface area contributed by atoms with Crippen LogP contribution in [0, 0.1) is 0 Å². The highest BCUT2D eigenvalue weighted by molar-refractivity contribution is 7.59. The van der Waals surface area contributed by atoms with Gasteiger partial charge < -0.3 is 4.52 Å². The van der Waals surface area contributed by atoms with Gasteiger partial charge in [0.2, 0.25) is 7.37 Å². The summed E-state index contributed by atoms with van der Waals surface area (Å²) in [5.41, 5.74) is 0.377. The molecule has 0 heterocycles. The first kappa shape index (κ1) is 7.30. The molecule has 1 atom stereocenters. The Kier molecular flexibility index (Phi) is 1.97. The fourth-order valence-electron chi connectivity index (χ4n) is 1.00. The normalized spacial score (nSPS) is 26.9. The van der Waals surface area contributed by atoms with Crippen molar-refractivity contribution in [3.8, 4) is 0 Å². The first-order chi connectivity index (χ1) is 4.17. The van der Waals surface area contributed by atoms with Crippen molar-refractivity contribution >= 4 is 7.37 Å². The highest BCUT2D eigenvalue weighted by Crippen LogP contribution is 2.54. The molecule has 0 aromatic carbocycles. The molecular weight excluding hydrogens is 135 g/mol. The van der Waals surface area contributed by atoms with E-state index in [0.29, 0.717) is 5.66 Å². The van der Waals surface area contributed by atoms with Crippen LogP contribution in [0.3, 0.4) is 0 Å². The maximum absolute atomic E-state index is 11.3. The molecule has 1 saturated carbocycles. The number of hydrogen-bond donors (Lipinski definition) is 0. The highest BCUT2D eigenvalue weighted by atomic mass is 31.2. The lowest BCUT2D eigenvalue weighted by molar-refractivity contribution is 0.359. The van der Waals surface area contributed by atoms with Gasteiger partial charge >= 0.3 is 0 Å². The molecule has 0 aromatic rings. The summed E-state index contributed by atoms with van der Waals surface area (Å²) in [5, 5.41) is 0. The summed E-state index contributed by atoms with van der Waals surface area (Å²) in [5.74, 6) is 0. The van der Waals surface area contributed by atoms with Crippen LogP contribution in [0.25, 0.3) is 0 Å². The molecule has 0 bridgehead atoms. The van der Waals surface area contributed by atoms with Gasteiger partial charge in [-0.15, -0.1) is 0 Å². The predicted molar refractivity (Wildman–Crippen MR) is 38.2 cm³/mol. The van der Waals surface area contributed by atoms with Crippen LogP contribution in [0.1, 0.15) is 19.3 Å². The Labute approximate surface area is 56.0 Å². The maximum atomic E-state index is 11.3. The minimum Gasteiger partial charge on any atom is -0.332 e. The minimum absolute atomic E-state index is 0.377. The summed E-state index contributed by atoms with van der Waals surface area (Å²) in [6, 6.07) is 0. The third kappa shape index (κ3) is 1.36. The Morgan fingerprint density at radius 2 is 2.11 bits per heavy atom. The molecule has 2 nitrogen and oxygen atoms in total. The fourth-order valence-corrected chi connectivity index (χ4v) is 2.61. The second-order valence-electron chi connectivity index (χ2n) is 2.68. The summed E-state index contributed by atoms with van der Waals surface area (Å²) >= 11 is 0. The molecule has 0 amide bonds. The monoisotopic (exact) mass is 148 g/mol.